The van der Waals surface area contributed by atoms with Gasteiger partial charge in [0.15, 0.2) is 5.96 Å². The van der Waals surface area contributed by atoms with Gasteiger partial charge >= 0.3 is 5.97 Å². The third kappa shape index (κ3) is 5.94. The molecule has 2 heterocycles. The highest BCUT2D eigenvalue weighted by molar-refractivity contribution is 14.0. The van der Waals surface area contributed by atoms with Crippen LogP contribution in [0.5, 0.6) is 0 Å². The van der Waals surface area contributed by atoms with Crippen molar-refractivity contribution < 1.29 is 13.9 Å². The van der Waals surface area contributed by atoms with Gasteiger partial charge in [-0.05, 0) is 32.9 Å². The van der Waals surface area contributed by atoms with Crippen LogP contribution in [0.3, 0.4) is 0 Å². The topological polar surface area (TPSA) is 88.8 Å². The molecule has 1 unspecified atom stereocenters. The van der Waals surface area contributed by atoms with Crippen LogP contribution in [0.25, 0.3) is 11.0 Å². The average molecular weight is 542 g/mol. The van der Waals surface area contributed by atoms with E-state index in [0.29, 0.717) is 29.7 Å². The second kappa shape index (κ2) is 11.3. The normalized spacial score (nSPS) is 12.3. The smallest absolute Gasteiger partial charge is 0.350 e. The number of furan rings is 1. The van der Waals surface area contributed by atoms with Crippen LogP contribution < -0.4 is 10.6 Å². The first-order valence-corrected chi connectivity index (χ1v) is 10.4. The fourth-order valence-electron chi connectivity index (χ4n) is 2.91. The fourth-order valence-corrected chi connectivity index (χ4v) is 3.88. The number of hydrogen-bond donors (Lipinski definition) is 2. The number of carbonyl (C=O) groups is 1. The Morgan fingerprint density at radius 1 is 1.37 bits per heavy atom. The number of carbonyl (C=O) groups excluding carboxylic acids is 1. The largest absolute Gasteiger partial charge is 0.462 e. The van der Waals surface area contributed by atoms with E-state index < -0.39 is 0 Å². The summed E-state index contributed by atoms with van der Waals surface area (Å²) in [5, 5.41) is 8.52. The number of aryl methyl sites for hydroxylation is 1. The lowest BCUT2D eigenvalue weighted by Gasteiger charge is -2.15. The number of para-hydroxylation sites is 1. The number of ether oxygens (including phenoxy) is 1. The number of aliphatic imine (C=N–C) groups is 1. The Balaban J connectivity index is 0.00000320. The maximum Gasteiger partial charge on any atom is 0.350 e. The molecule has 3 aromatic rings. The first kappa shape index (κ1) is 24.1. The third-order valence-corrected chi connectivity index (χ3v) is 5.68. The van der Waals surface area contributed by atoms with Gasteiger partial charge in [0.1, 0.15) is 21.2 Å². The van der Waals surface area contributed by atoms with Gasteiger partial charge in [-0.3, -0.25) is 4.99 Å². The van der Waals surface area contributed by atoms with Crippen molar-refractivity contribution in [3.05, 3.63) is 51.7 Å². The van der Waals surface area contributed by atoms with Crippen LogP contribution in [-0.4, -0.2) is 37.1 Å². The summed E-state index contributed by atoms with van der Waals surface area (Å²) in [6, 6.07) is 9.94. The number of nitrogens with zero attached hydrogens (tertiary/aromatic N) is 2. The summed E-state index contributed by atoms with van der Waals surface area (Å²) in [6.07, 6.45) is 0.743. The summed E-state index contributed by atoms with van der Waals surface area (Å²) in [5.74, 6) is 1.27. The zero-order valence-electron chi connectivity index (χ0n) is 17.5. The molecule has 162 valence electrons. The first-order valence-electron chi connectivity index (χ1n) is 9.61. The monoisotopic (exact) mass is 542 g/mol. The highest BCUT2D eigenvalue weighted by Gasteiger charge is 2.20. The van der Waals surface area contributed by atoms with Gasteiger partial charge in [-0.15, -0.1) is 35.3 Å². The van der Waals surface area contributed by atoms with E-state index in [2.05, 4.69) is 26.7 Å². The van der Waals surface area contributed by atoms with Crippen LogP contribution in [-0.2, 0) is 11.2 Å². The summed E-state index contributed by atoms with van der Waals surface area (Å²) in [4.78, 5) is 21.3. The Labute approximate surface area is 197 Å². The lowest BCUT2D eigenvalue weighted by Crippen LogP contribution is -2.39. The van der Waals surface area contributed by atoms with Crippen LogP contribution in [0, 0.1) is 6.92 Å². The fraction of sp³-hybridized carbons (Fsp3) is 0.381. The number of nitrogens with one attached hydrogen (secondary N) is 2. The van der Waals surface area contributed by atoms with Crippen molar-refractivity contribution in [2.24, 2.45) is 4.99 Å². The number of thiazole rings is 1. The molecule has 7 nitrogen and oxygen atoms in total. The Kier molecular flexibility index (Phi) is 9.09. The van der Waals surface area contributed by atoms with Gasteiger partial charge in [-0.1, -0.05) is 18.2 Å². The predicted molar refractivity (Wildman–Crippen MR) is 131 cm³/mol. The van der Waals surface area contributed by atoms with Crippen molar-refractivity contribution >= 4 is 58.2 Å². The number of rotatable bonds is 7. The Morgan fingerprint density at radius 3 is 2.83 bits per heavy atom. The maximum absolute atomic E-state index is 12.0. The minimum absolute atomic E-state index is 0. The average Bonchev–Trinajstić information content (AvgIpc) is 3.30. The zero-order chi connectivity index (χ0) is 20.8. The molecule has 2 N–H and O–H groups in total. The van der Waals surface area contributed by atoms with Gasteiger partial charge in [-0.2, -0.15) is 0 Å². The number of aromatic nitrogens is 1. The molecular weight excluding hydrogens is 515 g/mol. The van der Waals surface area contributed by atoms with E-state index in [4.69, 9.17) is 9.15 Å². The summed E-state index contributed by atoms with van der Waals surface area (Å²) in [6.45, 7) is 6.62. The Hall–Kier alpha value is -2.14. The molecule has 0 saturated carbocycles. The summed E-state index contributed by atoms with van der Waals surface area (Å²) >= 11 is 1.35. The van der Waals surface area contributed by atoms with Crippen molar-refractivity contribution in [1.29, 1.82) is 0 Å². The van der Waals surface area contributed by atoms with E-state index in [0.717, 1.165) is 28.2 Å². The molecule has 1 aromatic carbocycles. The van der Waals surface area contributed by atoms with Crippen molar-refractivity contribution in [3.8, 4) is 0 Å². The van der Waals surface area contributed by atoms with Crippen LogP contribution >= 0.6 is 35.3 Å². The van der Waals surface area contributed by atoms with Gasteiger partial charge < -0.3 is 19.8 Å². The predicted octanol–water partition coefficient (Wildman–Crippen LogP) is 4.46. The van der Waals surface area contributed by atoms with Crippen molar-refractivity contribution in [2.45, 2.75) is 33.2 Å². The van der Waals surface area contributed by atoms with Gasteiger partial charge in [0.25, 0.3) is 0 Å². The molecule has 1 atom stereocenters. The highest BCUT2D eigenvalue weighted by Crippen LogP contribution is 2.24. The molecule has 30 heavy (non-hydrogen) atoms. The maximum atomic E-state index is 12.0. The van der Waals surface area contributed by atoms with Crippen LogP contribution in [0.2, 0.25) is 0 Å². The molecule has 0 fully saturated rings. The molecular formula is C21H27IN4O3S. The van der Waals surface area contributed by atoms with Gasteiger partial charge in [-0.25, -0.2) is 9.78 Å². The minimum Gasteiger partial charge on any atom is -0.462 e. The molecule has 3 rings (SSSR count). The summed E-state index contributed by atoms with van der Waals surface area (Å²) in [7, 11) is 1.72. The quantitative estimate of drug-likeness (QED) is 0.198. The lowest BCUT2D eigenvalue weighted by molar-refractivity contribution is 0.0531. The molecule has 0 radical (unpaired) electrons. The van der Waals surface area contributed by atoms with Crippen molar-refractivity contribution in [3.63, 3.8) is 0 Å². The number of hydrogen-bond acceptors (Lipinski definition) is 6. The zero-order valence-corrected chi connectivity index (χ0v) is 20.7. The molecule has 0 aliphatic carbocycles. The van der Waals surface area contributed by atoms with Crippen LogP contribution in [0.1, 0.15) is 46.0 Å². The van der Waals surface area contributed by atoms with Gasteiger partial charge in [0.05, 0.1) is 18.3 Å². The number of esters is 1. The SMILES string of the molecule is CCOC(=O)c1sc(C(C)NC(=NC)NCCc2cc3ccccc3o2)nc1C.I. The summed E-state index contributed by atoms with van der Waals surface area (Å²) < 4.78 is 10.9. The molecule has 9 heteroatoms. The standard InChI is InChI=1S/C21H26N4O3S.HI/c1-5-27-20(26)18-13(2)24-19(29-18)14(3)25-21(22-4)23-11-10-16-12-15-8-6-7-9-17(15)28-16;/h6-9,12,14H,5,10-11H2,1-4H3,(H2,22,23,25);1H. The Bertz CT molecular complexity index is 982. The molecule has 2 aromatic heterocycles. The molecule has 0 spiro atoms. The summed E-state index contributed by atoms with van der Waals surface area (Å²) in [5.41, 5.74) is 1.58. The van der Waals surface area contributed by atoms with Gasteiger partial charge in [0.2, 0.25) is 0 Å². The first-order chi connectivity index (χ1) is 14.0. The molecule has 0 aliphatic rings. The van der Waals surface area contributed by atoms with Crippen LogP contribution in [0.4, 0.5) is 0 Å². The molecule has 0 amide bonds. The lowest BCUT2D eigenvalue weighted by atomic mass is 10.2. The van der Waals surface area contributed by atoms with Gasteiger partial charge in [0, 0.05) is 25.4 Å². The molecule has 0 saturated heterocycles. The van der Waals surface area contributed by atoms with E-state index >= 15 is 0 Å². The van der Waals surface area contributed by atoms with Crippen molar-refractivity contribution in [1.82, 2.24) is 15.6 Å². The molecule has 0 bridgehead atoms. The third-order valence-electron chi connectivity index (χ3n) is 4.36. The number of guanidine groups is 1. The van der Waals surface area contributed by atoms with E-state index in [-0.39, 0.29) is 36.0 Å². The number of halogens is 1. The molecule has 0 aliphatic heterocycles. The number of benzene rings is 1. The Morgan fingerprint density at radius 2 is 2.13 bits per heavy atom. The second-order valence-corrected chi connectivity index (χ2v) is 7.58. The van der Waals surface area contributed by atoms with E-state index in [9.17, 15) is 4.79 Å². The van der Waals surface area contributed by atoms with E-state index in [1.165, 1.54) is 11.3 Å². The van der Waals surface area contributed by atoms with E-state index in [1.807, 2.05) is 38.1 Å². The van der Waals surface area contributed by atoms with Crippen molar-refractivity contribution in [2.75, 3.05) is 20.2 Å². The van der Waals surface area contributed by atoms with Crippen LogP contribution in [0.15, 0.2) is 39.7 Å². The minimum atomic E-state index is -0.325. The number of fused-ring (bicyclic) bond motifs is 1. The second-order valence-electron chi connectivity index (χ2n) is 6.55. The van der Waals surface area contributed by atoms with E-state index in [1.54, 1.807) is 14.0 Å². The highest BCUT2D eigenvalue weighted by atomic mass is 127.